The molecular weight excluding hydrogens is 363 g/mol. The molecule has 2 aromatic rings. The molecule has 0 saturated carbocycles. The van der Waals surface area contributed by atoms with Crippen LogP contribution in [0.4, 0.5) is 8.78 Å². The second kappa shape index (κ2) is 9.10. The van der Waals surface area contributed by atoms with Crippen LogP contribution < -0.4 is 0 Å². The maximum absolute atomic E-state index is 13.1. The molecule has 8 heteroatoms. The maximum atomic E-state index is 13.1. The summed E-state index contributed by atoms with van der Waals surface area (Å²) in [6, 6.07) is 7.89. The lowest BCUT2D eigenvalue weighted by atomic mass is 10.2. The molecule has 0 aliphatic heterocycles. The van der Waals surface area contributed by atoms with Gasteiger partial charge in [0.15, 0.2) is 6.29 Å². The lowest BCUT2D eigenvalue weighted by Crippen LogP contribution is -1.94. The average Bonchev–Trinajstić information content (AvgIpc) is 2.50. The molecule has 0 aromatic heterocycles. The molecule has 126 valence electrons. The number of halogens is 4. The topological polar surface area (TPSA) is 60.2 Å². The van der Waals surface area contributed by atoms with Crippen molar-refractivity contribution in [2.75, 3.05) is 0 Å². The van der Waals surface area contributed by atoms with Crippen molar-refractivity contribution in [3.8, 4) is 0 Å². The quantitative estimate of drug-likeness (QED) is 0.410. The third-order valence-electron chi connectivity index (χ3n) is 2.70. The Bertz CT molecular complexity index is 795. The van der Waals surface area contributed by atoms with E-state index in [0.29, 0.717) is 11.3 Å². The van der Waals surface area contributed by atoms with Gasteiger partial charge >= 0.3 is 0 Å². The Balaban J connectivity index is 0.000000254. The Hall–Kier alpha value is -2.31. The van der Waals surface area contributed by atoms with Gasteiger partial charge < -0.3 is 0 Å². The molecule has 24 heavy (non-hydrogen) atoms. The summed E-state index contributed by atoms with van der Waals surface area (Å²) in [5.74, 6) is -1.15. The monoisotopic (exact) mass is 373 g/mol. The molecule has 0 aliphatic carbocycles. The number of aldehydes is 1. The van der Waals surface area contributed by atoms with E-state index in [1.165, 1.54) is 31.2 Å². The Labute approximate surface area is 146 Å². The fourth-order valence-electron chi connectivity index (χ4n) is 1.49. The molecular formula is C16H11Cl2F2NO3. The first-order valence-corrected chi connectivity index (χ1v) is 7.18. The van der Waals surface area contributed by atoms with Gasteiger partial charge in [-0.1, -0.05) is 29.3 Å². The largest absolute Gasteiger partial charge is 0.298 e. The molecule has 0 N–H and O–H groups in total. The highest BCUT2D eigenvalue weighted by atomic mass is 35.5. The van der Waals surface area contributed by atoms with E-state index in [0.717, 1.165) is 18.2 Å². The van der Waals surface area contributed by atoms with Crippen LogP contribution in [0.1, 0.15) is 22.8 Å². The fourth-order valence-corrected chi connectivity index (χ4v) is 1.81. The van der Waals surface area contributed by atoms with E-state index in [2.05, 4.69) is 0 Å². The summed E-state index contributed by atoms with van der Waals surface area (Å²) in [5.41, 5.74) is 0.0687. The first-order valence-electron chi connectivity index (χ1n) is 6.42. The van der Waals surface area contributed by atoms with Gasteiger partial charge in [-0.3, -0.25) is 14.9 Å². The van der Waals surface area contributed by atoms with Crippen molar-refractivity contribution in [3.63, 3.8) is 0 Å². The second-order valence-electron chi connectivity index (χ2n) is 4.49. The molecule has 0 radical (unpaired) electrons. The SMILES string of the molecule is CC(=Cc1ccc(Cl)cc1F)[N+](=O)[O-].O=Cc1ccc(Cl)cc1F. The van der Waals surface area contributed by atoms with E-state index < -0.39 is 16.6 Å². The first-order chi connectivity index (χ1) is 11.2. The van der Waals surface area contributed by atoms with Crippen LogP contribution in [0.15, 0.2) is 42.1 Å². The van der Waals surface area contributed by atoms with Crippen LogP contribution in [0.2, 0.25) is 10.0 Å². The Morgan fingerprint density at radius 3 is 1.88 bits per heavy atom. The van der Waals surface area contributed by atoms with Gasteiger partial charge in [-0.25, -0.2) is 8.78 Å². The highest BCUT2D eigenvalue weighted by Crippen LogP contribution is 2.17. The van der Waals surface area contributed by atoms with Crippen molar-refractivity contribution in [2.24, 2.45) is 0 Å². The normalized spacial score (nSPS) is 10.6. The summed E-state index contributed by atoms with van der Waals surface area (Å²) in [7, 11) is 0. The summed E-state index contributed by atoms with van der Waals surface area (Å²) < 4.78 is 25.7. The highest BCUT2D eigenvalue weighted by molar-refractivity contribution is 6.30. The van der Waals surface area contributed by atoms with Gasteiger partial charge in [0.2, 0.25) is 5.70 Å². The van der Waals surface area contributed by atoms with Crippen LogP contribution >= 0.6 is 23.2 Å². The number of rotatable bonds is 3. The van der Waals surface area contributed by atoms with Crippen LogP contribution in [0.5, 0.6) is 0 Å². The summed E-state index contributed by atoms with van der Waals surface area (Å²) in [6.45, 7) is 1.30. The molecule has 2 rings (SSSR count). The van der Waals surface area contributed by atoms with Gasteiger partial charge in [-0.15, -0.1) is 0 Å². The van der Waals surface area contributed by atoms with Gasteiger partial charge in [-0.2, -0.15) is 0 Å². The van der Waals surface area contributed by atoms with E-state index in [1.54, 1.807) is 0 Å². The number of nitro groups is 1. The highest BCUT2D eigenvalue weighted by Gasteiger charge is 2.06. The molecule has 0 unspecified atom stereocenters. The fraction of sp³-hybridized carbons (Fsp3) is 0.0625. The van der Waals surface area contributed by atoms with Crippen LogP contribution in [0.3, 0.4) is 0 Å². The van der Waals surface area contributed by atoms with Gasteiger partial charge in [0.25, 0.3) is 0 Å². The molecule has 0 atom stereocenters. The Morgan fingerprint density at radius 1 is 1.04 bits per heavy atom. The molecule has 0 fully saturated rings. The van der Waals surface area contributed by atoms with E-state index in [-0.39, 0.29) is 21.8 Å². The van der Waals surface area contributed by atoms with E-state index in [9.17, 15) is 23.7 Å². The zero-order chi connectivity index (χ0) is 18.3. The van der Waals surface area contributed by atoms with Gasteiger partial charge in [-0.05, 0) is 30.3 Å². The molecule has 0 spiro atoms. The Morgan fingerprint density at radius 2 is 1.50 bits per heavy atom. The van der Waals surface area contributed by atoms with Crippen molar-refractivity contribution in [3.05, 3.63) is 85.0 Å². The molecule has 0 heterocycles. The third kappa shape index (κ3) is 6.06. The number of nitrogens with zero attached hydrogens (tertiary/aromatic N) is 1. The van der Waals surface area contributed by atoms with Crippen molar-refractivity contribution in [1.29, 1.82) is 0 Å². The zero-order valence-corrected chi connectivity index (χ0v) is 13.8. The van der Waals surface area contributed by atoms with Crippen molar-refractivity contribution < 1.29 is 18.5 Å². The minimum absolute atomic E-state index is 0.0319. The minimum atomic E-state index is -0.581. The number of allylic oxidation sites excluding steroid dienone is 1. The summed E-state index contributed by atoms with van der Waals surface area (Å²) >= 11 is 10.9. The smallest absolute Gasteiger partial charge is 0.243 e. The minimum Gasteiger partial charge on any atom is -0.298 e. The van der Waals surface area contributed by atoms with E-state index >= 15 is 0 Å². The van der Waals surface area contributed by atoms with E-state index in [1.807, 2.05) is 0 Å². The van der Waals surface area contributed by atoms with Crippen LogP contribution in [-0.2, 0) is 0 Å². The first kappa shape index (κ1) is 19.7. The van der Waals surface area contributed by atoms with Gasteiger partial charge in [0.1, 0.15) is 11.6 Å². The molecule has 4 nitrogen and oxygen atoms in total. The molecule has 0 amide bonds. The molecule has 0 bridgehead atoms. The third-order valence-corrected chi connectivity index (χ3v) is 3.17. The van der Waals surface area contributed by atoms with Crippen LogP contribution in [-0.4, -0.2) is 11.2 Å². The molecule has 0 saturated heterocycles. The summed E-state index contributed by atoms with van der Waals surface area (Å²) in [5, 5.41) is 10.8. The number of hydrogen-bond donors (Lipinski definition) is 0. The summed E-state index contributed by atoms with van der Waals surface area (Å²) in [4.78, 5) is 19.8. The lowest BCUT2D eigenvalue weighted by molar-refractivity contribution is -0.422. The number of benzene rings is 2. The van der Waals surface area contributed by atoms with Gasteiger partial charge in [0, 0.05) is 28.6 Å². The van der Waals surface area contributed by atoms with E-state index in [4.69, 9.17) is 23.2 Å². The average molecular weight is 374 g/mol. The van der Waals surface area contributed by atoms with Crippen molar-refractivity contribution in [2.45, 2.75) is 6.92 Å². The number of carbonyl (C=O) groups excluding carboxylic acids is 1. The Kier molecular flexibility index (Phi) is 7.48. The van der Waals surface area contributed by atoms with Crippen molar-refractivity contribution in [1.82, 2.24) is 0 Å². The van der Waals surface area contributed by atoms with Gasteiger partial charge in [0.05, 0.1) is 10.5 Å². The van der Waals surface area contributed by atoms with Crippen molar-refractivity contribution >= 4 is 35.6 Å². The predicted molar refractivity (Wildman–Crippen MR) is 88.9 cm³/mol. The number of hydrogen-bond acceptors (Lipinski definition) is 3. The summed E-state index contributed by atoms with van der Waals surface area (Å²) in [6.07, 6.45) is 1.61. The standard InChI is InChI=1S/C9H7ClFNO2.C7H4ClFO/c1-6(12(13)14)4-7-2-3-8(10)5-9(7)11;8-6-2-1-5(4-10)7(9)3-6/h2-5H,1H3;1-4H. The maximum Gasteiger partial charge on any atom is 0.243 e. The van der Waals surface area contributed by atoms with Crippen LogP contribution in [0, 0.1) is 21.7 Å². The van der Waals surface area contributed by atoms with Crippen LogP contribution in [0.25, 0.3) is 6.08 Å². The lowest BCUT2D eigenvalue weighted by Gasteiger charge is -1.96. The zero-order valence-electron chi connectivity index (χ0n) is 12.3. The molecule has 0 aliphatic rings. The number of carbonyl (C=O) groups is 1. The molecule has 2 aromatic carbocycles. The predicted octanol–water partition coefficient (Wildman–Crippen LogP) is 5.41. The second-order valence-corrected chi connectivity index (χ2v) is 5.37.